The average molecular weight is 295 g/mol. The number of fused-ring (bicyclic) bond motifs is 1. The van der Waals surface area contributed by atoms with Crippen LogP contribution in [0.2, 0.25) is 0 Å². The summed E-state index contributed by atoms with van der Waals surface area (Å²) in [7, 11) is 4.16. The number of benzene rings is 1. The van der Waals surface area contributed by atoms with E-state index in [1.165, 1.54) is 12.7 Å². The summed E-state index contributed by atoms with van der Waals surface area (Å²) < 4.78 is 6.91. The van der Waals surface area contributed by atoms with Crippen molar-refractivity contribution in [3.05, 3.63) is 35.5 Å². The predicted molar refractivity (Wildman–Crippen MR) is 87.2 cm³/mol. The molecule has 1 aromatic carbocycles. The van der Waals surface area contributed by atoms with E-state index in [0.29, 0.717) is 0 Å². The van der Waals surface area contributed by atoms with E-state index in [1.54, 1.807) is 0 Å². The number of nitrogens with zero attached hydrogens (tertiary/aromatic N) is 1. The molecule has 0 saturated heterocycles. The van der Waals surface area contributed by atoms with Gasteiger partial charge in [-0.2, -0.15) is 0 Å². The molecule has 0 bridgehead atoms. The van der Waals surface area contributed by atoms with Gasteiger partial charge in [0, 0.05) is 17.1 Å². The Hall–Kier alpha value is -1.87. The van der Waals surface area contributed by atoms with E-state index in [1.807, 2.05) is 36.4 Å². The monoisotopic (exact) mass is 295 g/mol. The highest BCUT2D eigenvalue weighted by molar-refractivity contribution is 7.14. The van der Waals surface area contributed by atoms with Crippen LogP contribution in [0, 0.1) is 12.3 Å². The van der Waals surface area contributed by atoms with Crippen molar-refractivity contribution in [1.82, 2.24) is 4.34 Å². The molecule has 1 amide bonds. The molecular formula is C14H22N3O2P. The Balaban J connectivity index is 0.000000641. The summed E-state index contributed by atoms with van der Waals surface area (Å²) in [5.74, 6) is 0.202. The number of carbonyl (C=O) groups is 1. The lowest BCUT2D eigenvalue weighted by Gasteiger charge is -2.03. The average Bonchev–Trinajstić information content (AvgIpc) is 2.76. The van der Waals surface area contributed by atoms with Crippen molar-refractivity contribution in [3.63, 3.8) is 0 Å². The van der Waals surface area contributed by atoms with E-state index in [-0.39, 0.29) is 12.3 Å². The highest BCUT2D eigenvalue weighted by Crippen LogP contribution is 2.23. The number of aryl methyl sites for hydroxylation is 1. The second kappa shape index (κ2) is 9.10. The fraction of sp³-hybridized carbons (Fsp3) is 0.286. The summed E-state index contributed by atoms with van der Waals surface area (Å²) >= 11 is 0. The minimum Gasteiger partial charge on any atom is -0.481 e. The van der Waals surface area contributed by atoms with Crippen molar-refractivity contribution in [2.45, 2.75) is 20.8 Å². The first-order chi connectivity index (χ1) is 9.54. The van der Waals surface area contributed by atoms with Crippen LogP contribution in [-0.4, -0.2) is 23.8 Å². The number of carbonyl (C=O) groups excluding carboxylic acids is 1. The minimum absolute atomic E-state index is 0.202. The molecule has 1 atom stereocenters. The van der Waals surface area contributed by atoms with Gasteiger partial charge < -0.3 is 14.8 Å². The summed E-state index contributed by atoms with van der Waals surface area (Å²) in [6, 6.07) is 5.88. The largest absolute Gasteiger partial charge is 0.481 e. The quantitative estimate of drug-likeness (QED) is 0.367. The third kappa shape index (κ3) is 4.35. The van der Waals surface area contributed by atoms with Gasteiger partial charge >= 0.3 is 0 Å². The van der Waals surface area contributed by atoms with Crippen molar-refractivity contribution >= 4 is 32.6 Å². The zero-order chi connectivity index (χ0) is 15.7. The van der Waals surface area contributed by atoms with Crippen LogP contribution in [0.1, 0.15) is 25.0 Å². The summed E-state index contributed by atoms with van der Waals surface area (Å²) in [6.45, 7) is 6.06. The van der Waals surface area contributed by atoms with E-state index in [9.17, 15) is 0 Å². The third-order valence-corrected chi connectivity index (χ3v) is 2.93. The van der Waals surface area contributed by atoms with Gasteiger partial charge in [-0.15, -0.1) is 0 Å². The molecule has 20 heavy (non-hydrogen) atoms. The maximum absolute atomic E-state index is 8.58. The summed E-state index contributed by atoms with van der Waals surface area (Å²) in [6.07, 6.45) is 2.30. The van der Waals surface area contributed by atoms with Crippen LogP contribution < -0.4 is 5.73 Å². The highest BCUT2D eigenvalue weighted by Gasteiger charge is 2.06. The van der Waals surface area contributed by atoms with Gasteiger partial charge in [-0.05, 0) is 40.1 Å². The molecule has 0 aliphatic rings. The number of primary amides is 1. The Labute approximate surface area is 121 Å². The lowest BCUT2D eigenvalue weighted by atomic mass is 10.1. The van der Waals surface area contributed by atoms with E-state index >= 15 is 0 Å². The van der Waals surface area contributed by atoms with Crippen molar-refractivity contribution in [2.24, 2.45) is 5.73 Å². The van der Waals surface area contributed by atoms with Crippen molar-refractivity contribution in [2.75, 3.05) is 7.11 Å². The number of methoxy groups -OCH3 is 1. The first-order valence-corrected chi connectivity index (χ1v) is 6.71. The lowest BCUT2D eigenvalue weighted by Crippen LogP contribution is -2.00. The molecule has 1 unspecified atom stereocenters. The van der Waals surface area contributed by atoms with Crippen LogP contribution >= 0.6 is 9.39 Å². The zero-order valence-electron chi connectivity index (χ0n) is 12.3. The van der Waals surface area contributed by atoms with Gasteiger partial charge in [0.25, 0.3) is 0 Å². The molecule has 5 nitrogen and oxygen atoms in total. The number of nitrogens with two attached hydrogens (primary N) is 1. The Morgan fingerprint density at radius 3 is 2.50 bits per heavy atom. The van der Waals surface area contributed by atoms with Crippen LogP contribution in [0.4, 0.5) is 0 Å². The van der Waals surface area contributed by atoms with E-state index in [0.717, 1.165) is 16.5 Å². The molecule has 0 aliphatic carbocycles. The molecule has 3 N–H and O–H groups in total. The Bertz CT molecular complexity index is 579. The first-order valence-electron chi connectivity index (χ1n) is 6.20. The van der Waals surface area contributed by atoms with E-state index < -0.39 is 0 Å². The van der Waals surface area contributed by atoms with Gasteiger partial charge in [0.05, 0.1) is 12.6 Å². The lowest BCUT2D eigenvalue weighted by molar-refractivity contribution is -0.106. The van der Waals surface area contributed by atoms with Gasteiger partial charge in [0.2, 0.25) is 12.3 Å². The molecule has 0 fully saturated rings. The smallest absolute Gasteiger partial charge is 0.212 e. The molecule has 2 aromatic rings. The fourth-order valence-corrected chi connectivity index (χ4v) is 2.13. The molecule has 0 radical (unpaired) electrons. The maximum Gasteiger partial charge on any atom is 0.212 e. The fourth-order valence-electron chi connectivity index (χ4n) is 1.68. The third-order valence-electron chi connectivity index (χ3n) is 2.50. The van der Waals surface area contributed by atoms with Gasteiger partial charge in [-0.3, -0.25) is 10.2 Å². The number of rotatable bonds is 1. The summed E-state index contributed by atoms with van der Waals surface area (Å²) in [5.41, 5.74) is 7.32. The van der Waals surface area contributed by atoms with E-state index in [2.05, 4.69) is 28.2 Å². The predicted octanol–water partition coefficient (Wildman–Crippen LogP) is 2.69. The van der Waals surface area contributed by atoms with Crippen LogP contribution in [0.5, 0.6) is 0 Å². The molecule has 2 rings (SSSR count). The van der Waals surface area contributed by atoms with Crippen molar-refractivity contribution in [3.8, 4) is 0 Å². The molecule has 110 valence electrons. The number of hydrogen-bond acceptors (Lipinski definition) is 3. The van der Waals surface area contributed by atoms with Crippen LogP contribution in [0.25, 0.3) is 10.9 Å². The Morgan fingerprint density at radius 1 is 1.45 bits per heavy atom. The number of ether oxygens (including phenoxy) is 1. The summed E-state index contributed by atoms with van der Waals surface area (Å²) in [5, 5.41) is 8.75. The van der Waals surface area contributed by atoms with Crippen LogP contribution in [0.3, 0.4) is 0 Å². The van der Waals surface area contributed by atoms with Gasteiger partial charge in [0.1, 0.15) is 0 Å². The molecular weight excluding hydrogens is 273 g/mol. The normalized spacial score (nSPS) is 8.85. The van der Waals surface area contributed by atoms with Crippen molar-refractivity contribution in [1.29, 1.82) is 5.41 Å². The first kappa shape index (κ1) is 18.1. The second-order valence-electron chi connectivity index (χ2n) is 3.62. The molecule has 0 saturated carbocycles. The molecule has 6 heteroatoms. The topological polar surface area (TPSA) is 81.1 Å². The van der Waals surface area contributed by atoms with Crippen LogP contribution in [0.15, 0.2) is 24.4 Å². The number of nitrogens with one attached hydrogen (secondary N) is 1. The standard InChI is InChI=1S/C11H13N2OP.C2H6.CH3NO/c1-7-6-13(15)10-4-3-8(5-9(7)10)11(12)14-2;1-2;2-1-3/h3-6,12H,15H2,1-2H3;1-2H3;1H,(H2,2,3). The molecule has 1 aromatic heterocycles. The SMILES string of the molecule is CC.COC(=N)c1ccc2c(c1)c(C)cn2P.NC=O. The molecule has 0 aliphatic heterocycles. The molecule has 1 heterocycles. The van der Waals surface area contributed by atoms with Crippen molar-refractivity contribution < 1.29 is 9.53 Å². The zero-order valence-corrected chi connectivity index (χ0v) is 13.5. The molecule has 0 spiro atoms. The second-order valence-corrected chi connectivity index (χ2v) is 4.18. The Kier molecular flexibility index (Phi) is 8.25. The Morgan fingerprint density at radius 2 is 2.00 bits per heavy atom. The summed E-state index contributed by atoms with van der Waals surface area (Å²) in [4.78, 5) is 8.58. The maximum atomic E-state index is 8.58. The van der Waals surface area contributed by atoms with E-state index in [4.69, 9.17) is 14.9 Å². The number of hydrogen-bond donors (Lipinski definition) is 2. The minimum atomic E-state index is 0.202. The van der Waals surface area contributed by atoms with Gasteiger partial charge in [0.15, 0.2) is 0 Å². The van der Waals surface area contributed by atoms with Crippen LogP contribution in [-0.2, 0) is 9.53 Å². The van der Waals surface area contributed by atoms with Gasteiger partial charge in [-0.25, -0.2) is 0 Å². The van der Waals surface area contributed by atoms with Gasteiger partial charge in [-0.1, -0.05) is 13.8 Å². The highest BCUT2D eigenvalue weighted by atomic mass is 31.0. The number of aromatic nitrogens is 1. The number of amides is 1.